The third kappa shape index (κ3) is 3.99. The smallest absolute Gasteiger partial charge is 0.125 e. The number of hydrogen-bond donors (Lipinski definition) is 0. The third-order valence-electron chi connectivity index (χ3n) is 8.69. The van der Waals surface area contributed by atoms with Gasteiger partial charge in [-0.05, 0) is 70.6 Å². The van der Waals surface area contributed by atoms with Gasteiger partial charge in [0.2, 0.25) is 0 Å². The van der Waals surface area contributed by atoms with E-state index in [2.05, 4.69) is 127 Å². The lowest BCUT2D eigenvalue weighted by molar-refractivity contribution is 0.590. The highest BCUT2D eigenvalue weighted by atomic mass is 19.1. The molecule has 3 heteroatoms. The molecule has 0 atom stereocenters. The Morgan fingerprint density at radius 1 is 0.465 bits per heavy atom. The van der Waals surface area contributed by atoms with E-state index in [-0.39, 0.29) is 11.2 Å². The number of rotatable bonds is 3. The first kappa shape index (κ1) is 25.6. The average Bonchev–Trinajstić information content (AvgIpc) is 3.54. The van der Waals surface area contributed by atoms with E-state index < -0.39 is 0 Å². The Balaban J connectivity index is 1.59. The zero-order valence-electron chi connectivity index (χ0n) is 24.5. The lowest BCUT2D eigenvalue weighted by Gasteiger charge is -2.22. The van der Waals surface area contributed by atoms with Crippen molar-refractivity contribution in [2.24, 2.45) is 0 Å². The summed E-state index contributed by atoms with van der Waals surface area (Å²) in [5, 5.41) is 4.50. The Hall–Kier alpha value is -5.15. The summed E-state index contributed by atoms with van der Waals surface area (Å²) >= 11 is 0. The Morgan fingerprint density at radius 3 is 1.74 bits per heavy atom. The van der Waals surface area contributed by atoms with Crippen molar-refractivity contribution >= 4 is 43.6 Å². The Labute approximate surface area is 250 Å². The summed E-state index contributed by atoms with van der Waals surface area (Å²) in [5.41, 5.74) is 9.91. The van der Waals surface area contributed by atoms with Gasteiger partial charge < -0.3 is 9.13 Å². The van der Waals surface area contributed by atoms with Gasteiger partial charge in [0.1, 0.15) is 5.82 Å². The summed E-state index contributed by atoms with van der Waals surface area (Å²) in [6.45, 7) is 6.81. The van der Waals surface area contributed by atoms with Crippen LogP contribution in [0, 0.1) is 5.82 Å². The molecule has 0 N–H and O–H groups in total. The van der Waals surface area contributed by atoms with Crippen LogP contribution in [0.1, 0.15) is 26.3 Å². The second-order valence-electron chi connectivity index (χ2n) is 12.4. The third-order valence-corrected chi connectivity index (χ3v) is 8.69. The van der Waals surface area contributed by atoms with Gasteiger partial charge in [-0.15, -0.1) is 0 Å². The topological polar surface area (TPSA) is 9.86 Å². The first-order valence-electron chi connectivity index (χ1n) is 14.8. The maximum absolute atomic E-state index is 14.8. The van der Waals surface area contributed by atoms with E-state index in [0.717, 1.165) is 44.2 Å². The SMILES string of the molecule is CC(C)(C)c1cc(-c2ccccc2)cc(-n2c3ccccc3c3ccc4c5ccc(F)cc5n(-c5ccccc5)c4c32)c1. The van der Waals surface area contributed by atoms with Gasteiger partial charge in [-0.3, -0.25) is 0 Å². The molecule has 0 aliphatic carbocycles. The molecule has 0 saturated heterocycles. The molecule has 2 heterocycles. The molecule has 0 aliphatic rings. The number of fused-ring (bicyclic) bond motifs is 7. The number of benzene rings is 6. The molecule has 0 aliphatic heterocycles. The predicted molar refractivity (Wildman–Crippen MR) is 179 cm³/mol. The summed E-state index contributed by atoms with van der Waals surface area (Å²) in [4.78, 5) is 0. The van der Waals surface area contributed by atoms with Crippen molar-refractivity contribution in [3.8, 4) is 22.5 Å². The molecule has 208 valence electrons. The van der Waals surface area contributed by atoms with Crippen LogP contribution in [-0.4, -0.2) is 9.13 Å². The van der Waals surface area contributed by atoms with E-state index in [4.69, 9.17) is 0 Å². The van der Waals surface area contributed by atoms with Crippen LogP contribution in [0.5, 0.6) is 0 Å². The molecule has 8 rings (SSSR count). The monoisotopic (exact) mass is 558 g/mol. The maximum Gasteiger partial charge on any atom is 0.125 e. The van der Waals surface area contributed by atoms with Crippen LogP contribution in [-0.2, 0) is 5.41 Å². The molecule has 0 radical (unpaired) electrons. The van der Waals surface area contributed by atoms with Gasteiger partial charge in [0, 0.05) is 32.9 Å². The molecule has 0 bridgehead atoms. The van der Waals surface area contributed by atoms with Crippen molar-refractivity contribution < 1.29 is 4.39 Å². The molecule has 6 aromatic carbocycles. The van der Waals surface area contributed by atoms with Gasteiger partial charge in [0.15, 0.2) is 0 Å². The quantitative estimate of drug-likeness (QED) is 0.204. The van der Waals surface area contributed by atoms with E-state index in [0.29, 0.717) is 0 Å². The van der Waals surface area contributed by atoms with Crippen molar-refractivity contribution in [3.63, 3.8) is 0 Å². The molecule has 0 unspecified atom stereocenters. The van der Waals surface area contributed by atoms with Crippen LogP contribution in [0.2, 0.25) is 0 Å². The van der Waals surface area contributed by atoms with E-state index in [1.54, 1.807) is 12.1 Å². The molecule has 0 saturated carbocycles. The molecule has 0 amide bonds. The van der Waals surface area contributed by atoms with Gasteiger partial charge in [-0.25, -0.2) is 4.39 Å². The Bertz CT molecular complexity index is 2320. The summed E-state index contributed by atoms with van der Waals surface area (Å²) in [5.74, 6) is -0.241. The van der Waals surface area contributed by atoms with Crippen molar-refractivity contribution in [1.29, 1.82) is 0 Å². The van der Waals surface area contributed by atoms with Gasteiger partial charge in [0.05, 0.1) is 22.1 Å². The van der Waals surface area contributed by atoms with E-state index in [1.807, 2.05) is 24.3 Å². The highest BCUT2D eigenvalue weighted by Gasteiger charge is 2.23. The van der Waals surface area contributed by atoms with E-state index in [9.17, 15) is 4.39 Å². The molecule has 8 aromatic rings. The van der Waals surface area contributed by atoms with Crippen molar-refractivity contribution in [1.82, 2.24) is 9.13 Å². The fraction of sp³-hybridized carbons (Fsp3) is 0.100. The summed E-state index contributed by atoms with van der Waals surface area (Å²) < 4.78 is 19.5. The normalized spacial score (nSPS) is 12.2. The highest BCUT2D eigenvalue weighted by Crippen LogP contribution is 2.42. The molecular weight excluding hydrogens is 527 g/mol. The van der Waals surface area contributed by atoms with Gasteiger partial charge in [0.25, 0.3) is 0 Å². The molecule has 43 heavy (non-hydrogen) atoms. The number of aromatic nitrogens is 2. The second-order valence-corrected chi connectivity index (χ2v) is 12.4. The number of nitrogens with zero attached hydrogens (tertiary/aromatic N) is 2. The first-order chi connectivity index (χ1) is 20.9. The van der Waals surface area contributed by atoms with Crippen LogP contribution in [0.25, 0.3) is 66.1 Å². The second kappa shape index (κ2) is 9.43. The lowest BCUT2D eigenvalue weighted by atomic mass is 9.85. The van der Waals surface area contributed by atoms with Gasteiger partial charge in [-0.2, -0.15) is 0 Å². The largest absolute Gasteiger partial charge is 0.307 e. The maximum atomic E-state index is 14.8. The molecule has 0 spiro atoms. The van der Waals surface area contributed by atoms with Crippen LogP contribution in [0.4, 0.5) is 4.39 Å². The number of para-hydroxylation sites is 2. The summed E-state index contributed by atoms with van der Waals surface area (Å²) in [6.07, 6.45) is 0. The standard InChI is InChI=1S/C40H31FN2/c1-40(2,3)28-22-27(26-12-6-4-7-13-26)23-31(24-28)43-36-17-11-10-16-32(36)34-20-21-35-33-19-18-29(41)25-37(33)42(38(35)39(34)43)30-14-8-5-9-15-30/h4-25H,1-3H3. The zero-order valence-corrected chi connectivity index (χ0v) is 24.5. The zero-order chi connectivity index (χ0) is 29.3. The summed E-state index contributed by atoms with van der Waals surface area (Å²) in [6, 6.07) is 46.1. The van der Waals surface area contributed by atoms with Crippen molar-refractivity contribution in [2.75, 3.05) is 0 Å². The van der Waals surface area contributed by atoms with Crippen molar-refractivity contribution in [3.05, 3.63) is 145 Å². The Morgan fingerprint density at radius 2 is 1.05 bits per heavy atom. The Kier molecular flexibility index (Phi) is 5.61. The van der Waals surface area contributed by atoms with Crippen LogP contribution >= 0.6 is 0 Å². The predicted octanol–water partition coefficient (Wildman–Crippen LogP) is 11.0. The fourth-order valence-electron chi connectivity index (χ4n) is 6.61. The molecular formula is C40H31FN2. The van der Waals surface area contributed by atoms with Crippen LogP contribution < -0.4 is 0 Å². The average molecular weight is 559 g/mol. The minimum Gasteiger partial charge on any atom is -0.307 e. The van der Waals surface area contributed by atoms with Gasteiger partial charge in [-0.1, -0.05) is 106 Å². The molecule has 0 fully saturated rings. The number of hydrogen-bond acceptors (Lipinski definition) is 0. The number of halogens is 1. The van der Waals surface area contributed by atoms with Gasteiger partial charge >= 0.3 is 0 Å². The minimum atomic E-state index is -0.241. The van der Waals surface area contributed by atoms with E-state index in [1.165, 1.54) is 27.5 Å². The highest BCUT2D eigenvalue weighted by molar-refractivity contribution is 6.23. The first-order valence-corrected chi connectivity index (χ1v) is 14.8. The van der Waals surface area contributed by atoms with E-state index >= 15 is 0 Å². The minimum absolute atomic E-state index is 0.0515. The van der Waals surface area contributed by atoms with Crippen molar-refractivity contribution in [2.45, 2.75) is 26.2 Å². The lowest BCUT2D eigenvalue weighted by Crippen LogP contribution is -2.12. The van der Waals surface area contributed by atoms with Crippen LogP contribution in [0.3, 0.4) is 0 Å². The summed E-state index contributed by atoms with van der Waals surface area (Å²) in [7, 11) is 0. The fourth-order valence-corrected chi connectivity index (χ4v) is 6.61. The molecule has 2 aromatic heterocycles. The molecule has 2 nitrogen and oxygen atoms in total. The van der Waals surface area contributed by atoms with Crippen LogP contribution in [0.15, 0.2) is 133 Å².